The van der Waals surface area contributed by atoms with Crippen molar-refractivity contribution in [3.8, 4) is 11.4 Å². The number of nitrogens with zero attached hydrogens (tertiary/aromatic N) is 3. The van der Waals surface area contributed by atoms with Gasteiger partial charge in [0.2, 0.25) is 0 Å². The summed E-state index contributed by atoms with van der Waals surface area (Å²) in [6.07, 6.45) is 1.77. The van der Waals surface area contributed by atoms with Gasteiger partial charge in [-0.1, -0.05) is 35.0 Å². The van der Waals surface area contributed by atoms with Crippen LogP contribution in [0.25, 0.3) is 5.69 Å². The predicted molar refractivity (Wildman–Crippen MR) is 90.4 cm³/mol. The van der Waals surface area contributed by atoms with E-state index in [1.807, 2.05) is 37.3 Å². The number of hydrogen-bond donors (Lipinski definition) is 2. The average Bonchev–Trinajstić information content (AvgIpc) is 3.08. The Morgan fingerprint density at radius 1 is 1.25 bits per heavy atom. The summed E-state index contributed by atoms with van der Waals surface area (Å²) in [4.78, 5) is 12.3. The van der Waals surface area contributed by atoms with E-state index in [9.17, 15) is 9.90 Å². The van der Waals surface area contributed by atoms with Crippen molar-refractivity contribution in [1.82, 2.24) is 20.3 Å². The number of benzene rings is 2. The highest BCUT2D eigenvalue weighted by atomic mass is 35.5. The van der Waals surface area contributed by atoms with Gasteiger partial charge < -0.3 is 10.4 Å². The SMILES string of the molecule is C[C@@H](NC(=O)c1ccc(O)c(Cl)c1)c1cn(-c2ccccc2)nn1. The van der Waals surface area contributed by atoms with E-state index in [-0.39, 0.29) is 22.7 Å². The number of amides is 1. The zero-order valence-corrected chi connectivity index (χ0v) is 13.6. The van der Waals surface area contributed by atoms with E-state index in [2.05, 4.69) is 15.6 Å². The van der Waals surface area contributed by atoms with Gasteiger partial charge in [0.25, 0.3) is 5.91 Å². The van der Waals surface area contributed by atoms with Crippen LogP contribution in [-0.2, 0) is 0 Å². The number of phenolic OH excluding ortho intramolecular Hbond substituents is 1. The van der Waals surface area contributed by atoms with Crippen LogP contribution in [0.3, 0.4) is 0 Å². The van der Waals surface area contributed by atoms with E-state index in [1.54, 1.807) is 10.9 Å². The molecule has 2 N–H and O–H groups in total. The molecule has 0 spiro atoms. The number of aromatic hydroxyl groups is 1. The van der Waals surface area contributed by atoms with E-state index in [0.717, 1.165) is 5.69 Å². The maximum Gasteiger partial charge on any atom is 0.251 e. The number of halogens is 1. The van der Waals surface area contributed by atoms with E-state index in [4.69, 9.17) is 11.6 Å². The third-order valence-corrected chi connectivity index (χ3v) is 3.84. The van der Waals surface area contributed by atoms with Crippen molar-refractivity contribution in [3.63, 3.8) is 0 Å². The number of para-hydroxylation sites is 1. The first-order valence-electron chi connectivity index (χ1n) is 7.31. The van der Waals surface area contributed by atoms with Crippen molar-refractivity contribution in [2.24, 2.45) is 0 Å². The lowest BCUT2D eigenvalue weighted by Gasteiger charge is -2.11. The van der Waals surface area contributed by atoms with E-state index in [0.29, 0.717) is 11.3 Å². The molecule has 122 valence electrons. The maximum atomic E-state index is 12.3. The van der Waals surface area contributed by atoms with Gasteiger partial charge in [-0.2, -0.15) is 0 Å². The number of aromatic nitrogens is 3. The van der Waals surface area contributed by atoms with Crippen molar-refractivity contribution in [1.29, 1.82) is 0 Å². The lowest BCUT2D eigenvalue weighted by molar-refractivity contribution is 0.0939. The van der Waals surface area contributed by atoms with E-state index in [1.165, 1.54) is 18.2 Å². The molecule has 2 aromatic carbocycles. The molecule has 1 atom stereocenters. The summed E-state index contributed by atoms with van der Waals surface area (Å²) in [6, 6.07) is 13.6. The Labute approximate surface area is 143 Å². The fourth-order valence-corrected chi connectivity index (χ4v) is 2.36. The molecule has 6 nitrogen and oxygen atoms in total. The van der Waals surface area contributed by atoms with Crippen molar-refractivity contribution < 1.29 is 9.90 Å². The maximum absolute atomic E-state index is 12.3. The van der Waals surface area contributed by atoms with Crippen molar-refractivity contribution in [2.75, 3.05) is 0 Å². The van der Waals surface area contributed by atoms with Crippen LogP contribution in [-0.4, -0.2) is 26.0 Å². The third kappa shape index (κ3) is 3.38. The highest BCUT2D eigenvalue weighted by Gasteiger charge is 2.15. The predicted octanol–water partition coefficient (Wildman–Crippen LogP) is 3.12. The molecular weight excluding hydrogens is 328 g/mol. The summed E-state index contributed by atoms with van der Waals surface area (Å²) >= 11 is 5.83. The second-order valence-corrected chi connectivity index (χ2v) is 5.69. The van der Waals surface area contributed by atoms with Crippen LogP contribution in [0.2, 0.25) is 5.02 Å². The molecule has 0 unspecified atom stereocenters. The zero-order valence-electron chi connectivity index (χ0n) is 12.8. The number of phenols is 1. The van der Waals surface area contributed by atoms with Gasteiger partial charge in [-0.3, -0.25) is 4.79 Å². The first-order valence-corrected chi connectivity index (χ1v) is 7.69. The third-order valence-electron chi connectivity index (χ3n) is 3.53. The van der Waals surface area contributed by atoms with E-state index < -0.39 is 0 Å². The Morgan fingerprint density at radius 2 is 2.00 bits per heavy atom. The summed E-state index contributed by atoms with van der Waals surface area (Å²) < 4.78 is 1.65. The van der Waals surface area contributed by atoms with Crippen molar-refractivity contribution in [2.45, 2.75) is 13.0 Å². The van der Waals surface area contributed by atoms with Gasteiger partial charge in [0, 0.05) is 5.56 Å². The van der Waals surface area contributed by atoms with Crippen LogP contribution >= 0.6 is 11.6 Å². The molecule has 3 rings (SSSR count). The van der Waals surface area contributed by atoms with Gasteiger partial charge in [-0.15, -0.1) is 5.10 Å². The van der Waals surface area contributed by atoms with Crippen molar-refractivity contribution >= 4 is 17.5 Å². The minimum absolute atomic E-state index is 0.0629. The fourth-order valence-electron chi connectivity index (χ4n) is 2.18. The molecule has 24 heavy (non-hydrogen) atoms. The summed E-state index contributed by atoms with van der Waals surface area (Å²) in [5.74, 6) is -0.370. The van der Waals surface area contributed by atoms with Crippen molar-refractivity contribution in [3.05, 3.63) is 71.0 Å². The molecule has 0 radical (unpaired) electrons. The van der Waals surface area contributed by atoms with Crippen LogP contribution in [0.5, 0.6) is 5.75 Å². The number of carbonyl (C=O) groups excluding carboxylic acids is 1. The van der Waals surface area contributed by atoms with Crippen LogP contribution in [0, 0.1) is 0 Å². The smallest absolute Gasteiger partial charge is 0.251 e. The lowest BCUT2D eigenvalue weighted by Crippen LogP contribution is -2.26. The highest BCUT2D eigenvalue weighted by Crippen LogP contribution is 2.24. The standard InChI is InChI=1S/C17H15ClN4O2/c1-11(19-17(24)12-7-8-16(23)14(18)9-12)15-10-22(21-20-15)13-5-3-2-4-6-13/h2-11,23H,1H3,(H,19,24)/t11-/m1/s1. The second-order valence-electron chi connectivity index (χ2n) is 5.28. The Balaban J connectivity index is 1.73. The molecule has 0 bridgehead atoms. The molecule has 0 aliphatic carbocycles. The summed E-state index contributed by atoms with van der Waals surface area (Å²) in [5.41, 5.74) is 1.89. The largest absolute Gasteiger partial charge is 0.506 e. The number of carbonyl (C=O) groups is 1. The number of rotatable bonds is 4. The van der Waals surface area contributed by atoms with Gasteiger partial charge in [0.05, 0.1) is 22.9 Å². The first-order chi connectivity index (χ1) is 11.5. The van der Waals surface area contributed by atoms with Gasteiger partial charge in [-0.05, 0) is 37.3 Å². The highest BCUT2D eigenvalue weighted by molar-refractivity contribution is 6.32. The number of nitrogens with one attached hydrogen (secondary N) is 1. The van der Waals surface area contributed by atoms with Gasteiger partial charge in [0.15, 0.2) is 0 Å². The minimum Gasteiger partial charge on any atom is -0.506 e. The molecular formula is C17H15ClN4O2. The molecule has 1 heterocycles. The fraction of sp³-hybridized carbons (Fsp3) is 0.118. The summed E-state index contributed by atoms with van der Waals surface area (Å²) in [7, 11) is 0. The van der Waals surface area contributed by atoms with Gasteiger partial charge in [0.1, 0.15) is 11.4 Å². The molecule has 7 heteroatoms. The average molecular weight is 343 g/mol. The van der Waals surface area contributed by atoms with Crippen LogP contribution < -0.4 is 5.32 Å². The van der Waals surface area contributed by atoms with E-state index >= 15 is 0 Å². The zero-order chi connectivity index (χ0) is 17.1. The molecule has 0 aliphatic rings. The Bertz CT molecular complexity index is 864. The summed E-state index contributed by atoms with van der Waals surface area (Å²) in [6.45, 7) is 1.82. The molecule has 1 aromatic heterocycles. The van der Waals surface area contributed by atoms with Crippen LogP contribution in [0.4, 0.5) is 0 Å². The van der Waals surface area contributed by atoms with Crippen LogP contribution in [0.15, 0.2) is 54.7 Å². The second kappa shape index (κ2) is 6.72. The quantitative estimate of drug-likeness (QED) is 0.763. The number of hydrogen-bond acceptors (Lipinski definition) is 4. The molecule has 0 aliphatic heterocycles. The minimum atomic E-state index is -0.331. The molecule has 1 amide bonds. The van der Waals surface area contributed by atoms with Gasteiger partial charge in [-0.25, -0.2) is 4.68 Å². The normalized spacial score (nSPS) is 11.9. The lowest BCUT2D eigenvalue weighted by atomic mass is 10.1. The Kier molecular flexibility index (Phi) is 4.48. The first kappa shape index (κ1) is 16.0. The Morgan fingerprint density at radius 3 is 2.71 bits per heavy atom. The molecule has 0 saturated carbocycles. The molecule has 0 saturated heterocycles. The van der Waals surface area contributed by atoms with Crippen LogP contribution in [0.1, 0.15) is 29.0 Å². The summed E-state index contributed by atoms with van der Waals surface area (Å²) in [5, 5.41) is 20.5. The monoisotopic (exact) mass is 342 g/mol. The topological polar surface area (TPSA) is 80.0 Å². The Hall–Kier alpha value is -2.86. The van der Waals surface area contributed by atoms with Gasteiger partial charge >= 0.3 is 0 Å². The molecule has 3 aromatic rings. The molecule has 0 fully saturated rings.